The molecule has 0 amide bonds. The maximum absolute atomic E-state index is 12.1. The molecule has 1 aromatic heterocycles. The van der Waals surface area contributed by atoms with Gasteiger partial charge in [-0.1, -0.05) is 0 Å². The monoisotopic (exact) mass is 235 g/mol. The summed E-state index contributed by atoms with van der Waals surface area (Å²) in [6.45, 7) is 8.37. The van der Waals surface area contributed by atoms with Gasteiger partial charge in [0.25, 0.3) is 0 Å². The summed E-state index contributed by atoms with van der Waals surface area (Å²) in [5.41, 5.74) is 0.651. The number of ketones is 1. The van der Waals surface area contributed by atoms with Crippen LogP contribution in [0.3, 0.4) is 0 Å². The molecule has 1 aliphatic rings. The lowest BCUT2D eigenvalue weighted by Crippen LogP contribution is -2.54. The van der Waals surface area contributed by atoms with Gasteiger partial charge >= 0.3 is 0 Å². The number of aromatic amines is 1. The van der Waals surface area contributed by atoms with Crippen LogP contribution in [0.5, 0.6) is 0 Å². The summed E-state index contributed by atoms with van der Waals surface area (Å²) in [7, 11) is 0. The maximum atomic E-state index is 12.1. The third-order valence-electron chi connectivity index (χ3n) is 3.46. The number of hydrogen-bond donors (Lipinski definition) is 2. The van der Waals surface area contributed by atoms with Gasteiger partial charge in [-0.3, -0.25) is 9.69 Å². The van der Waals surface area contributed by atoms with Crippen molar-refractivity contribution in [3.63, 3.8) is 0 Å². The fourth-order valence-electron chi connectivity index (χ4n) is 2.37. The normalized spacial score (nSPS) is 18.2. The van der Waals surface area contributed by atoms with Gasteiger partial charge in [0.2, 0.25) is 0 Å². The molecule has 0 radical (unpaired) electrons. The fraction of sp³-hybridized carbons (Fsp3) is 0.615. The summed E-state index contributed by atoms with van der Waals surface area (Å²) in [6.07, 6.45) is 2.36. The topological polar surface area (TPSA) is 48.1 Å². The Morgan fingerprint density at radius 3 is 2.71 bits per heavy atom. The van der Waals surface area contributed by atoms with Crippen LogP contribution in [-0.2, 0) is 0 Å². The first kappa shape index (κ1) is 12.3. The van der Waals surface area contributed by atoms with Crippen molar-refractivity contribution in [2.75, 3.05) is 26.2 Å². The van der Waals surface area contributed by atoms with E-state index in [2.05, 4.69) is 29.0 Å². The molecule has 2 heterocycles. The summed E-state index contributed by atoms with van der Waals surface area (Å²) in [5.74, 6) is 0.193. The molecule has 0 atom stereocenters. The molecule has 4 nitrogen and oxygen atoms in total. The Morgan fingerprint density at radius 1 is 1.41 bits per heavy atom. The van der Waals surface area contributed by atoms with E-state index < -0.39 is 0 Å². The van der Waals surface area contributed by atoms with Crippen LogP contribution in [0.15, 0.2) is 18.3 Å². The summed E-state index contributed by atoms with van der Waals surface area (Å²) in [4.78, 5) is 17.5. The Hall–Kier alpha value is -1.13. The van der Waals surface area contributed by atoms with Crippen LogP contribution in [0.4, 0.5) is 0 Å². The Bertz CT molecular complexity index is 364. The molecule has 2 rings (SSSR count). The van der Waals surface area contributed by atoms with Crippen molar-refractivity contribution in [2.24, 2.45) is 0 Å². The minimum Gasteiger partial charge on any atom is -0.359 e. The first-order valence-electron chi connectivity index (χ1n) is 6.22. The first-order valence-corrected chi connectivity index (χ1v) is 6.22. The molecule has 0 unspecified atom stereocenters. The maximum Gasteiger partial charge on any atom is 0.180 e. The zero-order chi connectivity index (χ0) is 12.3. The molecule has 0 aliphatic carbocycles. The minimum absolute atomic E-state index is 0.0652. The van der Waals surface area contributed by atoms with Crippen LogP contribution in [0, 0.1) is 0 Å². The SMILES string of the molecule is CC(C)(CC(=O)c1ccc[nH]1)N1CCNCC1. The number of nitrogens with zero attached hydrogens (tertiary/aromatic N) is 1. The summed E-state index contributed by atoms with van der Waals surface area (Å²) in [6, 6.07) is 3.71. The zero-order valence-corrected chi connectivity index (χ0v) is 10.6. The van der Waals surface area contributed by atoms with Crippen molar-refractivity contribution in [3.8, 4) is 0 Å². The van der Waals surface area contributed by atoms with E-state index in [9.17, 15) is 4.79 Å². The van der Waals surface area contributed by atoms with Gasteiger partial charge in [0.15, 0.2) is 5.78 Å². The van der Waals surface area contributed by atoms with Gasteiger partial charge in [0, 0.05) is 44.3 Å². The van der Waals surface area contributed by atoms with Crippen molar-refractivity contribution in [3.05, 3.63) is 24.0 Å². The van der Waals surface area contributed by atoms with Crippen LogP contribution in [0.1, 0.15) is 30.8 Å². The number of carbonyl (C=O) groups excluding carboxylic acids is 1. The molecule has 4 heteroatoms. The second kappa shape index (κ2) is 5.02. The van der Waals surface area contributed by atoms with Crippen LogP contribution < -0.4 is 5.32 Å². The van der Waals surface area contributed by atoms with Crippen LogP contribution in [0.2, 0.25) is 0 Å². The Labute approximate surface area is 102 Å². The van der Waals surface area contributed by atoms with Crippen LogP contribution in [0.25, 0.3) is 0 Å². The zero-order valence-electron chi connectivity index (χ0n) is 10.6. The van der Waals surface area contributed by atoms with Crippen molar-refractivity contribution in [1.29, 1.82) is 0 Å². The first-order chi connectivity index (χ1) is 8.09. The highest BCUT2D eigenvalue weighted by molar-refractivity contribution is 5.95. The van der Waals surface area contributed by atoms with E-state index in [4.69, 9.17) is 0 Å². The molecular weight excluding hydrogens is 214 g/mol. The molecule has 0 bridgehead atoms. The Morgan fingerprint density at radius 2 is 2.12 bits per heavy atom. The van der Waals surface area contributed by atoms with E-state index in [0.29, 0.717) is 12.1 Å². The summed E-state index contributed by atoms with van der Waals surface area (Å²) < 4.78 is 0. The number of aromatic nitrogens is 1. The standard InChI is InChI=1S/C13H21N3O/c1-13(2,16-8-6-14-7-9-16)10-12(17)11-4-3-5-15-11/h3-5,14-15H,6-10H2,1-2H3. The third-order valence-corrected chi connectivity index (χ3v) is 3.46. The number of Topliss-reactive ketones (excluding diaryl/α,β-unsaturated/α-hetero) is 1. The smallest absolute Gasteiger partial charge is 0.180 e. The van der Waals surface area contributed by atoms with Crippen LogP contribution in [-0.4, -0.2) is 47.4 Å². The predicted octanol–water partition coefficient (Wildman–Crippen LogP) is 1.27. The summed E-state index contributed by atoms with van der Waals surface area (Å²) in [5, 5.41) is 3.33. The van der Waals surface area contributed by atoms with Gasteiger partial charge in [-0.25, -0.2) is 0 Å². The Kier molecular flexibility index (Phi) is 3.64. The quantitative estimate of drug-likeness (QED) is 0.773. The molecule has 0 spiro atoms. The van der Waals surface area contributed by atoms with Gasteiger partial charge in [0.1, 0.15) is 0 Å². The second-order valence-corrected chi connectivity index (χ2v) is 5.23. The van der Waals surface area contributed by atoms with E-state index in [1.807, 2.05) is 12.1 Å². The average molecular weight is 235 g/mol. The van der Waals surface area contributed by atoms with E-state index in [1.165, 1.54) is 0 Å². The van der Waals surface area contributed by atoms with Crippen molar-refractivity contribution >= 4 is 5.78 Å². The average Bonchev–Trinajstić information content (AvgIpc) is 2.83. The van der Waals surface area contributed by atoms with E-state index in [1.54, 1.807) is 6.20 Å². The number of H-pyrrole nitrogens is 1. The van der Waals surface area contributed by atoms with Gasteiger partial charge in [-0.15, -0.1) is 0 Å². The largest absolute Gasteiger partial charge is 0.359 e. The summed E-state index contributed by atoms with van der Waals surface area (Å²) >= 11 is 0. The molecule has 2 N–H and O–H groups in total. The number of carbonyl (C=O) groups is 1. The highest BCUT2D eigenvalue weighted by Gasteiger charge is 2.30. The lowest BCUT2D eigenvalue weighted by atomic mass is 9.93. The highest BCUT2D eigenvalue weighted by Crippen LogP contribution is 2.21. The van der Waals surface area contributed by atoms with E-state index >= 15 is 0 Å². The number of hydrogen-bond acceptors (Lipinski definition) is 3. The third kappa shape index (κ3) is 2.96. The molecule has 1 aromatic rings. The van der Waals surface area contributed by atoms with Gasteiger partial charge in [-0.05, 0) is 26.0 Å². The van der Waals surface area contributed by atoms with E-state index in [0.717, 1.165) is 26.2 Å². The fourth-order valence-corrected chi connectivity index (χ4v) is 2.37. The molecule has 1 fully saturated rings. The molecule has 0 aromatic carbocycles. The van der Waals surface area contributed by atoms with Gasteiger partial charge in [0.05, 0.1) is 5.69 Å². The van der Waals surface area contributed by atoms with E-state index in [-0.39, 0.29) is 11.3 Å². The number of rotatable bonds is 4. The second-order valence-electron chi connectivity index (χ2n) is 5.23. The van der Waals surface area contributed by atoms with Gasteiger partial charge in [-0.2, -0.15) is 0 Å². The van der Waals surface area contributed by atoms with Gasteiger partial charge < -0.3 is 10.3 Å². The molecule has 0 saturated carbocycles. The molecule has 94 valence electrons. The molecular formula is C13H21N3O. The highest BCUT2D eigenvalue weighted by atomic mass is 16.1. The van der Waals surface area contributed by atoms with Crippen LogP contribution >= 0.6 is 0 Å². The lowest BCUT2D eigenvalue weighted by Gasteiger charge is -2.40. The number of nitrogens with one attached hydrogen (secondary N) is 2. The predicted molar refractivity (Wildman–Crippen MR) is 68.3 cm³/mol. The molecule has 1 saturated heterocycles. The van der Waals surface area contributed by atoms with Crippen molar-refractivity contribution in [1.82, 2.24) is 15.2 Å². The van der Waals surface area contributed by atoms with Crippen molar-refractivity contribution < 1.29 is 4.79 Å². The lowest BCUT2D eigenvalue weighted by molar-refractivity contribution is 0.0726. The Balaban J connectivity index is 1.98. The molecule has 1 aliphatic heterocycles. The molecule has 17 heavy (non-hydrogen) atoms. The number of piperazine rings is 1. The van der Waals surface area contributed by atoms with Crippen molar-refractivity contribution in [2.45, 2.75) is 25.8 Å². The minimum atomic E-state index is -0.0652.